The molecule has 0 aliphatic heterocycles. The van der Waals surface area contributed by atoms with Crippen LogP contribution in [0.15, 0.2) is 49.6 Å². The monoisotopic (exact) mass is 895 g/mol. The molecule has 0 unspecified atom stereocenters. The van der Waals surface area contributed by atoms with Gasteiger partial charge in [0.1, 0.15) is 0 Å². The van der Waals surface area contributed by atoms with Gasteiger partial charge < -0.3 is 18.9 Å². The highest BCUT2D eigenvalue weighted by atomic mass is 16.5. The Kier molecular flexibility index (Phi) is 42.2. The van der Waals surface area contributed by atoms with Crippen molar-refractivity contribution in [2.24, 2.45) is 0 Å². The van der Waals surface area contributed by atoms with Crippen LogP contribution in [0.5, 0.6) is 0 Å². The number of rotatable bonds is 48. The van der Waals surface area contributed by atoms with Gasteiger partial charge in [-0.15, -0.1) is 0 Å². The maximum absolute atomic E-state index is 12.8. The van der Waals surface area contributed by atoms with E-state index in [0.717, 1.165) is 64.2 Å². The van der Waals surface area contributed by atoms with Gasteiger partial charge in [0.2, 0.25) is 0 Å². The molecule has 0 radical (unpaired) electrons. The lowest BCUT2D eigenvalue weighted by atomic mass is 10.0. The maximum Gasteiger partial charge on any atom is 0.339 e. The average Bonchev–Trinajstić information content (AvgIpc) is 3.31. The molecule has 0 bridgehead atoms. The smallest absolute Gasteiger partial charge is 0.339 e. The fourth-order valence-electron chi connectivity index (χ4n) is 8.21. The first kappa shape index (κ1) is 58.6. The summed E-state index contributed by atoms with van der Waals surface area (Å²) in [6.07, 6.45) is 49.7. The lowest BCUT2D eigenvalue weighted by Crippen LogP contribution is -2.15. The first-order chi connectivity index (χ1) is 31.5. The summed E-state index contributed by atoms with van der Waals surface area (Å²) in [5, 5.41) is 0. The molecule has 0 amide bonds. The highest BCUT2D eigenvalue weighted by molar-refractivity contribution is 6.03. The van der Waals surface area contributed by atoms with Crippen LogP contribution >= 0.6 is 0 Å². The van der Waals surface area contributed by atoms with Crippen LogP contribution in [0.1, 0.15) is 265 Å². The van der Waals surface area contributed by atoms with Crippen LogP contribution in [0.3, 0.4) is 0 Å². The number of carbonyl (C=O) groups excluding carboxylic acids is 4. The molecule has 0 saturated carbocycles. The van der Waals surface area contributed by atoms with Gasteiger partial charge in [0, 0.05) is 12.2 Å². The van der Waals surface area contributed by atoms with Crippen LogP contribution in [0, 0.1) is 0 Å². The lowest BCUT2D eigenvalue weighted by Gasteiger charge is -2.10. The number of unbranched alkanes of at least 4 members (excludes halogenated alkanes) is 36. The van der Waals surface area contributed by atoms with Crippen molar-refractivity contribution in [3.05, 3.63) is 60.7 Å². The quantitative estimate of drug-likeness (QED) is 0.0276. The number of benzene rings is 1. The molecular formula is C56H94O8. The Hall–Kier alpha value is -3.42. The van der Waals surface area contributed by atoms with Gasteiger partial charge >= 0.3 is 23.9 Å². The lowest BCUT2D eigenvalue weighted by molar-refractivity contribution is -0.138. The van der Waals surface area contributed by atoms with E-state index in [0.29, 0.717) is 37.6 Å². The molecule has 0 fully saturated rings. The first-order valence-electron chi connectivity index (χ1n) is 26.5. The fourth-order valence-corrected chi connectivity index (χ4v) is 8.21. The van der Waals surface area contributed by atoms with Crippen molar-refractivity contribution in [2.45, 2.75) is 244 Å². The Morgan fingerprint density at radius 3 is 0.656 bits per heavy atom. The SMILES string of the molecule is C=CC(=O)OCCCCCCCCCCCCCCCCCCCCCOC(=O)c1ccccc1C(=O)OCCCCCCCCCCCCCCCCCCCCCOC(=O)C=C. The van der Waals surface area contributed by atoms with Crippen molar-refractivity contribution >= 4 is 23.9 Å². The van der Waals surface area contributed by atoms with Crippen LogP contribution in [0.2, 0.25) is 0 Å². The van der Waals surface area contributed by atoms with Crippen molar-refractivity contribution in [2.75, 3.05) is 26.4 Å². The van der Waals surface area contributed by atoms with Gasteiger partial charge in [-0.1, -0.05) is 244 Å². The minimum absolute atomic E-state index is 0.291. The van der Waals surface area contributed by atoms with E-state index in [1.54, 1.807) is 24.3 Å². The second-order valence-corrected chi connectivity index (χ2v) is 18.0. The van der Waals surface area contributed by atoms with Gasteiger partial charge in [-0.05, 0) is 37.8 Å². The molecule has 0 heterocycles. The van der Waals surface area contributed by atoms with Crippen molar-refractivity contribution in [3.63, 3.8) is 0 Å². The zero-order valence-electron chi connectivity index (χ0n) is 40.8. The van der Waals surface area contributed by atoms with Gasteiger partial charge in [0.15, 0.2) is 0 Å². The number of hydrogen-bond acceptors (Lipinski definition) is 8. The zero-order valence-corrected chi connectivity index (χ0v) is 40.8. The summed E-state index contributed by atoms with van der Waals surface area (Å²) in [4.78, 5) is 47.7. The predicted octanol–water partition coefficient (Wildman–Crippen LogP) is 16.3. The van der Waals surface area contributed by atoms with Crippen LogP contribution in [-0.4, -0.2) is 50.3 Å². The highest BCUT2D eigenvalue weighted by Crippen LogP contribution is 2.18. The maximum atomic E-state index is 12.8. The molecule has 1 rings (SSSR count). The van der Waals surface area contributed by atoms with Gasteiger partial charge in [-0.3, -0.25) is 0 Å². The summed E-state index contributed by atoms with van der Waals surface area (Å²) in [6.45, 7) is 8.60. The van der Waals surface area contributed by atoms with E-state index < -0.39 is 11.9 Å². The average molecular weight is 895 g/mol. The Balaban J connectivity index is 1.89. The van der Waals surface area contributed by atoms with Gasteiger partial charge in [0.25, 0.3) is 0 Å². The van der Waals surface area contributed by atoms with Gasteiger partial charge in [-0.2, -0.15) is 0 Å². The second-order valence-electron chi connectivity index (χ2n) is 18.0. The minimum Gasteiger partial charge on any atom is -0.463 e. The summed E-state index contributed by atoms with van der Waals surface area (Å²) in [6, 6.07) is 6.84. The molecule has 0 N–H and O–H groups in total. The summed E-state index contributed by atoms with van der Waals surface area (Å²) in [5.74, 6) is -1.53. The van der Waals surface area contributed by atoms with E-state index in [2.05, 4.69) is 13.2 Å². The molecule has 0 aromatic heterocycles. The molecule has 0 saturated heterocycles. The molecule has 64 heavy (non-hydrogen) atoms. The Bertz CT molecular complexity index is 1190. The largest absolute Gasteiger partial charge is 0.463 e. The van der Waals surface area contributed by atoms with Crippen molar-refractivity contribution in [1.29, 1.82) is 0 Å². The molecular weight excluding hydrogens is 801 g/mol. The van der Waals surface area contributed by atoms with E-state index in [-0.39, 0.29) is 11.9 Å². The summed E-state index contributed by atoms with van der Waals surface area (Å²) in [7, 11) is 0. The molecule has 0 atom stereocenters. The summed E-state index contributed by atoms with van der Waals surface area (Å²) < 4.78 is 21.1. The number of hydrogen-bond donors (Lipinski definition) is 0. The predicted molar refractivity (Wildman–Crippen MR) is 265 cm³/mol. The van der Waals surface area contributed by atoms with E-state index in [1.165, 1.54) is 192 Å². The molecule has 366 valence electrons. The standard InChI is InChI=1S/C56H94O8/c1-3-53(57)61-47-41-35-31-27-23-19-15-11-7-5-9-13-17-21-25-29-33-37-43-49-63-55(59)51-45-39-40-46-52(51)56(60)64-50-44-38-34-30-26-22-18-14-10-6-8-12-16-20-24-28-32-36-42-48-62-54(58)4-2/h3-4,39-40,45-46H,1-2,5-38,41-44,47-50H2. The number of esters is 4. The summed E-state index contributed by atoms with van der Waals surface area (Å²) >= 11 is 0. The molecule has 0 spiro atoms. The van der Waals surface area contributed by atoms with Crippen molar-refractivity contribution in [1.82, 2.24) is 0 Å². The Morgan fingerprint density at radius 2 is 0.469 bits per heavy atom. The molecule has 8 nitrogen and oxygen atoms in total. The van der Waals surface area contributed by atoms with E-state index in [1.807, 2.05) is 0 Å². The van der Waals surface area contributed by atoms with Crippen molar-refractivity contribution in [3.8, 4) is 0 Å². The van der Waals surface area contributed by atoms with E-state index in [9.17, 15) is 19.2 Å². The van der Waals surface area contributed by atoms with Crippen LogP contribution in [-0.2, 0) is 28.5 Å². The zero-order chi connectivity index (χ0) is 46.2. The molecule has 8 heteroatoms. The van der Waals surface area contributed by atoms with Crippen LogP contribution in [0.4, 0.5) is 0 Å². The third-order valence-electron chi connectivity index (χ3n) is 12.2. The van der Waals surface area contributed by atoms with E-state index >= 15 is 0 Å². The topological polar surface area (TPSA) is 105 Å². The Labute approximate surface area is 391 Å². The normalized spacial score (nSPS) is 11.0. The first-order valence-corrected chi connectivity index (χ1v) is 26.5. The van der Waals surface area contributed by atoms with Gasteiger partial charge in [0.05, 0.1) is 37.6 Å². The molecule has 1 aromatic carbocycles. The highest BCUT2D eigenvalue weighted by Gasteiger charge is 2.19. The van der Waals surface area contributed by atoms with Crippen LogP contribution < -0.4 is 0 Å². The molecule has 0 aliphatic carbocycles. The summed E-state index contributed by atoms with van der Waals surface area (Å²) in [5.41, 5.74) is 0.582. The van der Waals surface area contributed by atoms with Crippen molar-refractivity contribution < 1.29 is 38.1 Å². The number of carbonyl (C=O) groups is 4. The van der Waals surface area contributed by atoms with Crippen LogP contribution in [0.25, 0.3) is 0 Å². The molecule has 1 aromatic rings. The third kappa shape index (κ3) is 37.9. The molecule has 0 aliphatic rings. The van der Waals surface area contributed by atoms with Gasteiger partial charge in [-0.25, -0.2) is 19.2 Å². The third-order valence-corrected chi connectivity index (χ3v) is 12.2. The number of ether oxygens (including phenoxy) is 4. The fraction of sp³-hybridized carbons (Fsp3) is 0.750. The second kappa shape index (κ2) is 46.1. The van der Waals surface area contributed by atoms with E-state index in [4.69, 9.17) is 18.9 Å². The Morgan fingerprint density at radius 1 is 0.297 bits per heavy atom. The minimum atomic E-state index is -0.445.